The van der Waals surface area contributed by atoms with E-state index >= 15 is 0 Å². The van der Waals surface area contributed by atoms with Crippen LogP contribution < -0.4 is 5.32 Å². The molecule has 1 atom stereocenters. The lowest BCUT2D eigenvalue weighted by atomic mass is 9.79. The van der Waals surface area contributed by atoms with Crippen LogP contribution in [0.25, 0.3) is 0 Å². The molecule has 1 aromatic carbocycles. The van der Waals surface area contributed by atoms with Gasteiger partial charge in [0, 0.05) is 16.1 Å². The second-order valence-electron chi connectivity index (χ2n) is 4.93. The summed E-state index contributed by atoms with van der Waals surface area (Å²) in [5.74, 6) is -0.323. The first-order chi connectivity index (χ1) is 8.61. The van der Waals surface area contributed by atoms with Gasteiger partial charge in [-0.15, -0.1) is 0 Å². The van der Waals surface area contributed by atoms with Gasteiger partial charge in [0.25, 0.3) is 0 Å². The molecule has 1 fully saturated rings. The molecule has 18 heavy (non-hydrogen) atoms. The second-order valence-corrected chi connectivity index (χ2v) is 5.84. The maximum atomic E-state index is 13.9. The Labute approximate surface area is 115 Å². The van der Waals surface area contributed by atoms with Gasteiger partial charge in [0.1, 0.15) is 11.6 Å². The van der Waals surface area contributed by atoms with Gasteiger partial charge in [-0.05, 0) is 31.0 Å². The third kappa shape index (κ3) is 3.09. The summed E-state index contributed by atoms with van der Waals surface area (Å²) in [4.78, 5) is 0. The lowest BCUT2D eigenvalue weighted by Crippen LogP contribution is -2.27. The smallest absolute Gasteiger partial charge is 0.132 e. The fraction of sp³-hybridized carbons (Fsp3) is 0.571. The number of halogens is 3. The SMILES string of the molecule is CCNC(CC1CCC1)c1c(F)cc(Br)cc1F. The van der Waals surface area contributed by atoms with E-state index in [4.69, 9.17) is 0 Å². The van der Waals surface area contributed by atoms with Crippen molar-refractivity contribution in [1.82, 2.24) is 5.32 Å². The Hall–Kier alpha value is -0.480. The van der Waals surface area contributed by atoms with Gasteiger partial charge in [-0.3, -0.25) is 0 Å². The molecule has 0 heterocycles. The average molecular weight is 318 g/mol. The zero-order chi connectivity index (χ0) is 13.1. The summed E-state index contributed by atoms with van der Waals surface area (Å²) < 4.78 is 28.3. The van der Waals surface area contributed by atoms with Crippen LogP contribution in [0.3, 0.4) is 0 Å². The van der Waals surface area contributed by atoms with Crippen molar-refractivity contribution in [3.8, 4) is 0 Å². The number of hydrogen-bond acceptors (Lipinski definition) is 1. The summed E-state index contributed by atoms with van der Waals surface area (Å²) in [5, 5.41) is 3.20. The third-order valence-electron chi connectivity index (χ3n) is 3.64. The summed E-state index contributed by atoms with van der Waals surface area (Å²) in [6, 6.07) is 2.46. The van der Waals surface area contributed by atoms with Crippen molar-refractivity contribution in [3.05, 3.63) is 33.8 Å². The van der Waals surface area contributed by atoms with E-state index in [1.807, 2.05) is 6.92 Å². The maximum Gasteiger partial charge on any atom is 0.132 e. The first-order valence-corrected chi connectivity index (χ1v) is 7.29. The Kier molecular flexibility index (Phi) is 4.73. The van der Waals surface area contributed by atoms with Gasteiger partial charge in [0.2, 0.25) is 0 Å². The molecule has 4 heteroatoms. The zero-order valence-corrected chi connectivity index (χ0v) is 12.1. The zero-order valence-electron chi connectivity index (χ0n) is 10.5. The predicted molar refractivity (Wildman–Crippen MR) is 72.4 cm³/mol. The highest BCUT2D eigenvalue weighted by Crippen LogP contribution is 2.36. The second kappa shape index (κ2) is 6.11. The third-order valence-corrected chi connectivity index (χ3v) is 4.09. The quantitative estimate of drug-likeness (QED) is 0.839. The van der Waals surface area contributed by atoms with Gasteiger partial charge in [-0.25, -0.2) is 8.78 Å². The molecule has 1 unspecified atom stereocenters. The van der Waals surface area contributed by atoms with Crippen molar-refractivity contribution in [2.24, 2.45) is 5.92 Å². The van der Waals surface area contributed by atoms with Gasteiger partial charge in [0.05, 0.1) is 0 Å². The summed E-state index contributed by atoms with van der Waals surface area (Å²) in [6.45, 7) is 2.68. The standard InChI is InChI=1S/C14H18BrF2N/c1-2-18-13(6-9-4-3-5-9)14-11(16)7-10(15)8-12(14)17/h7-9,13,18H,2-6H2,1H3. The van der Waals surface area contributed by atoms with Gasteiger partial charge in [-0.2, -0.15) is 0 Å². The highest BCUT2D eigenvalue weighted by atomic mass is 79.9. The molecule has 1 nitrogen and oxygen atoms in total. The molecular formula is C14H18BrF2N. The number of rotatable bonds is 5. The fourth-order valence-electron chi connectivity index (χ4n) is 2.50. The molecule has 100 valence electrons. The maximum absolute atomic E-state index is 13.9. The molecule has 0 aromatic heterocycles. The molecule has 0 spiro atoms. The lowest BCUT2D eigenvalue weighted by Gasteiger charge is -2.30. The Morgan fingerprint density at radius 3 is 2.39 bits per heavy atom. The van der Waals surface area contributed by atoms with Gasteiger partial charge in [-0.1, -0.05) is 42.1 Å². The van der Waals surface area contributed by atoms with Crippen LogP contribution >= 0.6 is 15.9 Å². The first kappa shape index (κ1) is 13.9. The highest BCUT2D eigenvalue weighted by molar-refractivity contribution is 9.10. The Morgan fingerprint density at radius 2 is 1.94 bits per heavy atom. The number of benzene rings is 1. The molecule has 0 aliphatic heterocycles. The molecule has 1 aliphatic carbocycles. The monoisotopic (exact) mass is 317 g/mol. The average Bonchev–Trinajstić information content (AvgIpc) is 2.21. The molecule has 1 saturated carbocycles. The molecule has 0 saturated heterocycles. The van der Waals surface area contributed by atoms with Crippen molar-refractivity contribution in [3.63, 3.8) is 0 Å². The summed E-state index contributed by atoms with van der Waals surface area (Å²) in [7, 11) is 0. The predicted octanol–water partition coefficient (Wildman–Crippen LogP) is 4.57. The van der Waals surface area contributed by atoms with Crippen molar-refractivity contribution in [1.29, 1.82) is 0 Å². The minimum Gasteiger partial charge on any atom is -0.310 e. The van der Waals surface area contributed by atoms with E-state index in [0.29, 0.717) is 16.9 Å². The molecular weight excluding hydrogens is 300 g/mol. The Morgan fingerprint density at radius 1 is 1.33 bits per heavy atom. The van der Waals surface area contributed by atoms with Crippen LogP contribution in [0.15, 0.2) is 16.6 Å². The topological polar surface area (TPSA) is 12.0 Å². The lowest BCUT2D eigenvalue weighted by molar-refractivity contribution is 0.257. The van der Waals surface area contributed by atoms with Crippen molar-refractivity contribution in [2.75, 3.05) is 6.54 Å². The molecule has 0 bridgehead atoms. The van der Waals surface area contributed by atoms with E-state index in [1.165, 1.54) is 31.4 Å². The van der Waals surface area contributed by atoms with Crippen LogP contribution in [0.2, 0.25) is 0 Å². The molecule has 2 rings (SSSR count). The van der Waals surface area contributed by atoms with E-state index in [1.54, 1.807) is 0 Å². The van der Waals surface area contributed by atoms with Crippen LogP contribution in [0, 0.1) is 17.6 Å². The van der Waals surface area contributed by atoms with E-state index in [-0.39, 0.29) is 11.6 Å². The van der Waals surface area contributed by atoms with Crippen LogP contribution in [-0.2, 0) is 0 Å². The molecule has 1 N–H and O–H groups in total. The minimum absolute atomic E-state index is 0.187. The normalized spacial score (nSPS) is 17.6. The van der Waals surface area contributed by atoms with Gasteiger partial charge >= 0.3 is 0 Å². The van der Waals surface area contributed by atoms with E-state index in [9.17, 15) is 8.78 Å². The van der Waals surface area contributed by atoms with Crippen LogP contribution in [-0.4, -0.2) is 6.54 Å². The van der Waals surface area contributed by atoms with Crippen LogP contribution in [0.5, 0.6) is 0 Å². The van der Waals surface area contributed by atoms with Crippen LogP contribution in [0.1, 0.15) is 44.2 Å². The fourth-order valence-corrected chi connectivity index (χ4v) is 2.90. The van der Waals surface area contributed by atoms with Crippen molar-refractivity contribution in [2.45, 2.75) is 38.6 Å². The van der Waals surface area contributed by atoms with E-state index < -0.39 is 11.6 Å². The summed E-state index contributed by atoms with van der Waals surface area (Å²) in [5.41, 5.74) is 0.187. The number of hydrogen-bond donors (Lipinski definition) is 1. The van der Waals surface area contributed by atoms with E-state index in [0.717, 1.165) is 6.42 Å². The first-order valence-electron chi connectivity index (χ1n) is 6.49. The summed E-state index contributed by atoms with van der Waals surface area (Å²) >= 11 is 3.11. The van der Waals surface area contributed by atoms with Gasteiger partial charge < -0.3 is 5.32 Å². The largest absolute Gasteiger partial charge is 0.310 e. The minimum atomic E-state index is -0.466. The van der Waals surface area contributed by atoms with Crippen molar-refractivity contribution >= 4 is 15.9 Å². The van der Waals surface area contributed by atoms with Crippen LogP contribution in [0.4, 0.5) is 8.78 Å². The Bertz CT molecular complexity index is 395. The molecule has 1 aromatic rings. The molecule has 0 amide bonds. The number of nitrogens with one attached hydrogen (secondary N) is 1. The highest BCUT2D eigenvalue weighted by Gasteiger charge is 2.26. The summed E-state index contributed by atoms with van der Waals surface area (Å²) in [6.07, 6.45) is 4.43. The van der Waals surface area contributed by atoms with Crippen molar-refractivity contribution < 1.29 is 8.78 Å². The van der Waals surface area contributed by atoms with Gasteiger partial charge in [0.15, 0.2) is 0 Å². The molecule has 1 aliphatic rings. The van der Waals surface area contributed by atoms with E-state index in [2.05, 4.69) is 21.2 Å². The molecule has 0 radical (unpaired) electrons. The Balaban J connectivity index is 2.23.